The molecular weight excluding hydrogens is 456 g/mol. The van der Waals surface area contributed by atoms with Crippen LogP contribution in [-0.4, -0.2) is 33.0 Å². The van der Waals surface area contributed by atoms with Crippen molar-refractivity contribution < 1.29 is 9.53 Å². The smallest absolute Gasteiger partial charge is 0.283 e. The van der Waals surface area contributed by atoms with Gasteiger partial charge in [0.2, 0.25) is 0 Å². The predicted octanol–water partition coefficient (Wildman–Crippen LogP) is 6.40. The van der Waals surface area contributed by atoms with Gasteiger partial charge in [0.1, 0.15) is 11.6 Å². The number of ether oxygens (including phenoxy) is 1. The monoisotopic (exact) mass is 484 g/mol. The summed E-state index contributed by atoms with van der Waals surface area (Å²) >= 11 is 1.35. The maximum atomic E-state index is 12.6. The van der Waals surface area contributed by atoms with E-state index in [2.05, 4.69) is 53.7 Å². The van der Waals surface area contributed by atoms with Crippen LogP contribution >= 0.6 is 11.8 Å². The summed E-state index contributed by atoms with van der Waals surface area (Å²) in [6.07, 6.45) is 7.58. The number of amides is 1. The van der Waals surface area contributed by atoms with Gasteiger partial charge in [0.05, 0.1) is 12.2 Å². The van der Waals surface area contributed by atoms with Crippen molar-refractivity contribution in [1.82, 2.24) is 9.47 Å². The fourth-order valence-electron chi connectivity index (χ4n) is 4.32. The largest absolute Gasteiger partial charge is 0.494 e. The van der Waals surface area contributed by atoms with Gasteiger partial charge in [0.15, 0.2) is 5.17 Å². The Morgan fingerprint density at radius 1 is 1.17 bits per heavy atom. The van der Waals surface area contributed by atoms with Gasteiger partial charge in [-0.15, -0.1) is 0 Å². The van der Waals surface area contributed by atoms with Crippen LogP contribution in [0.4, 0.5) is 0 Å². The highest BCUT2D eigenvalue weighted by atomic mass is 32.2. The molecule has 2 aromatic carbocycles. The molecule has 1 amide bonds. The summed E-state index contributed by atoms with van der Waals surface area (Å²) < 4.78 is 8.17. The van der Waals surface area contributed by atoms with Crippen LogP contribution in [0, 0.1) is 5.41 Å². The van der Waals surface area contributed by atoms with E-state index >= 15 is 0 Å². The lowest BCUT2D eigenvalue weighted by molar-refractivity contribution is -0.114. The Labute approximate surface area is 209 Å². The van der Waals surface area contributed by atoms with Gasteiger partial charge in [0.25, 0.3) is 5.91 Å². The molecule has 35 heavy (non-hydrogen) atoms. The number of hydrogen-bond acceptors (Lipinski definition) is 4. The number of rotatable bonds is 8. The van der Waals surface area contributed by atoms with Crippen LogP contribution in [0.3, 0.4) is 0 Å². The molecule has 7 heteroatoms. The third-order valence-electron chi connectivity index (χ3n) is 6.51. The summed E-state index contributed by atoms with van der Waals surface area (Å²) in [5.74, 6) is 1.23. The summed E-state index contributed by atoms with van der Waals surface area (Å²) in [5.41, 5.74) is 3.64. The number of nitrogens with one attached hydrogen (secondary N) is 1. The van der Waals surface area contributed by atoms with Gasteiger partial charge >= 0.3 is 0 Å². The zero-order valence-corrected chi connectivity index (χ0v) is 20.7. The van der Waals surface area contributed by atoms with Gasteiger partial charge in [-0.05, 0) is 54.0 Å². The lowest BCUT2D eigenvalue weighted by Crippen LogP contribution is -2.35. The quantitative estimate of drug-likeness (QED) is 0.297. The second kappa shape index (κ2) is 9.96. The van der Waals surface area contributed by atoms with Gasteiger partial charge in [-0.3, -0.25) is 15.1 Å². The van der Waals surface area contributed by atoms with E-state index in [9.17, 15) is 4.79 Å². The molecule has 0 radical (unpaired) electrons. The Morgan fingerprint density at radius 3 is 2.77 bits per heavy atom. The summed E-state index contributed by atoms with van der Waals surface area (Å²) in [6, 6.07) is 16.5. The first kappa shape index (κ1) is 23.2. The lowest BCUT2D eigenvalue weighted by atomic mass is 9.99. The van der Waals surface area contributed by atoms with Crippen molar-refractivity contribution in [3.05, 3.63) is 83.0 Å². The zero-order valence-electron chi connectivity index (χ0n) is 19.9. The Bertz CT molecular complexity index is 1370. The molecule has 3 heterocycles. The van der Waals surface area contributed by atoms with E-state index in [1.54, 1.807) is 17.2 Å². The first-order chi connectivity index (χ1) is 17.0. The first-order valence-electron chi connectivity index (χ1n) is 11.9. The molecule has 1 aromatic heterocycles. The molecule has 6 nitrogen and oxygen atoms in total. The summed E-state index contributed by atoms with van der Waals surface area (Å²) in [5, 5.41) is 11.9. The fourth-order valence-corrected chi connectivity index (χ4v) is 5.02. The third kappa shape index (κ3) is 4.68. The normalized spacial score (nSPS) is 17.3. The molecular formula is C28H28N4O2S. The van der Waals surface area contributed by atoms with E-state index in [-0.39, 0.29) is 11.7 Å². The van der Waals surface area contributed by atoms with E-state index in [4.69, 9.17) is 10.1 Å². The van der Waals surface area contributed by atoms with Crippen molar-refractivity contribution in [1.29, 1.82) is 5.41 Å². The highest BCUT2D eigenvalue weighted by Gasteiger charge is 2.31. The van der Waals surface area contributed by atoms with Crippen LogP contribution in [0.1, 0.15) is 43.7 Å². The molecule has 1 unspecified atom stereocenters. The topological polar surface area (TPSA) is 70.7 Å². The van der Waals surface area contributed by atoms with E-state index in [1.165, 1.54) is 17.3 Å². The molecule has 0 saturated carbocycles. The number of aromatic nitrogens is 1. The van der Waals surface area contributed by atoms with Crippen molar-refractivity contribution >= 4 is 45.7 Å². The highest BCUT2D eigenvalue weighted by molar-refractivity contribution is 8.16. The lowest BCUT2D eigenvalue weighted by Gasteiger charge is -2.22. The van der Waals surface area contributed by atoms with Gasteiger partial charge in [0, 0.05) is 35.4 Å². The van der Waals surface area contributed by atoms with E-state index in [0.29, 0.717) is 23.3 Å². The maximum Gasteiger partial charge on any atom is 0.283 e. The predicted molar refractivity (Wildman–Crippen MR) is 144 cm³/mol. The van der Waals surface area contributed by atoms with Crippen molar-refractivity contribution in [2.24, 2.45) is 4.99 Å². The van der Waals surface area contributed by atoms with Crippen LogP contribution in [0.2, 0.25) is 0 Å². The minimum absolute atomic E-state index is 0.158. The molecule has 1 atom stereocenters. The van der Waals surface area contributed by atoms with Crippen LogP contribution in [-0.2, 0) is 11.3 Å². The number of amidine groups is 2. The van der Waals surface area contributed by atoms with Crippen molar-refractivity contribution in [3.8, 4) is 5.75 Å². The molecule has 0 spiro atoms. The second-order valence-electron chi connectivity index (χ2n) is 8.75. The number of nitrogens with zero attached hydrogens (tertiary/aromatic N) is 3. The Hall–Kier alpha value is -3.58. The summed E-state index contributed by atoms with van der Waals surface area (Å²) in [4.78, 5) is 18.4. The fraction of sp³-hybridized carbons (Fsp3) is 0.250. The molecule has 2 aliphatic heterocycles. The van der Waals surface area contributed by atoms with Gasteiger partial charge in [-0.1, -0.05) is 55.9 Å². The number of para-hydroxylation sites is 1. The SMILES string of the molecule is CCC(C)c1ccc(OCCCn2cc(/C=C3\C(=N)N4C=CSC4=NC3=O)c3ccccc32)cc1. The Morgan fingerprint density at radius 2 is 1.97 bits per heavy atom. The van der Waals surface area contributed by atoms with Crippen molar-refractivity contribution in [2.75, 3.05) is 6.61 Å². The van der Waals surface area contributed by atoms with Crippen LogP contribution in [0.15, 0.2) is 76.9 Å². The van der Waals surface area contributed by atoms with Crippen LogP contribution < -0.4 is 4.74 Å². The first-order valence-corrected chi connectivity index (χ1v) is 12.8. The Kier molecular flexibility index (Phi) is 6.59. The number of fused-ring (bicyclic) bond motifs is 2. The third-order valence-corrected chi connectivity index (χ3v) is 7.26. The standard InChI is InChI=1S/C28H28N4O2S/c1-3-19(2)20-9-11-22(12-10-20)34-15-6-13-31-18-21(23-7-4-5-8-25(23)31)17-24-26(29)32-14-16-35-28(32)30-27(24)33/h4-5,7-12,14,16-19,29H,3,6,13,15H2,1-2H3/b24-17+,29-26?. The Balaban J connectivity index is 1.30. The number of carbonyl (C=O) groups excluding carboxylic acids is 1. The number of hydrogen-bond donors (Lipinski definition) is 1. The number of benzene rings is 2. The van der Waals surface area contributed by atoms with Gasteiger partial charge in [-0.25, -0.2) is 0 Å². The second-order valence-corrected chi connectivity index (χ2v) is 9.63. The van der Waals surface area contributed by atoms with E-state index in [1.807, 2.05) is 29.8 Å². The van der Waals surface area contributed by atoms with Crippen molar-refractivity contribution in [2.45, 2.75) is 39.2 Å². The molecule has 0 saturated heterocycles. The number of carbonyl (C=O) groups is 1. The van der Waals surface area contributed by atoms with Crippen LogP contribution in [0.5, 0.6) is 5.75 Å². The van der Waals surface area contributed by atoms with E-state index < -0.39 is 0 Å². The van der Waals surface area contributed by atoms with Crippen molar-refractivity contribution in [3.63, 3.8) is 0 Å². The number of thioether (sulfide) groups is 1. The minimum Gasteiger partial charge on any atom is -0.494 e. The average Bonchev–Trinajstić information content (AvgIpc) is 3.49. The molecule has 3 aromatic rings. The zero-order chi connectivity index (χ0) is 24.4. The van der Waals surface area contributed by atoms with Gasteiger partial charge < -0.3 is 9.30 Å². The average molecular weight is 485 g/mol. The van der Waals surface area contributed by atoms with E-state index in [0.717, 1.165) is 41.6 Å². The molecule has 2 aliphatic rings. The summed E-state index contributed by atoms with van der Waals surface area (Å²) in [7, 11) is 0. The summed E-state index contributed by atoms with van der Waals surface area (Å²) in [6.45, 7) is 5.84. The molecule has 0 fully saturated rings. The maximum absolute atomic E-state index is 12.6. The molecule has 5 rings (SSSR count). The van der Waals surface area contributed by atoms with Gasteiger partial charge in [-0.2, -0.15) is 4.99 Å². The van der Waals surface area contributed by atoms with Crippen LogP contribution in [0.25, 0.3) is 17.0 Å². The molecule has 0 bridgehead atoms. The highest BCUT2D eigenvalue weighted by Crippen LogP contribution is 2.30. The minimum atomic E-state index is -0.373. The molecule has 1 N–H and O–H groups in total. The number of aryl methyl sites for hydroxylation is 1. The number of aliphatic imine (C=N–C) groups is 1. The molecule has 0 aliphatic carbocycles. The molecule has 178 valence electrons.